The van der Waals surface area contributed by atoms with E-state index in [9.17, 15) is 9.18 Å². The van der Waals surface area contributed by atoms with Crippen molar-refractivity contribution in [3.05, 3.63) is 94.3 Å². The summed E-state index contributed by atoms with van der Waals surface area (Å²) in [6, 6.07) is 20.2. The number of amides is 1. The third-order valence-corrected chi connectivity index (χ3v) is 4.63. The Balaban J connectivity index is 1.77. The first kappa shape index (κ1) is 20.1. The van der Waals surface area contributed by atoms with E-state index in [2.05, 4.69) is 34.5 Å². The monoisotopic (exact) mass is 396 g/mol. The predicted octanol–water partition coefficient (Wildman–Crippen LogP) is 5.14. The van der Waals surface area contributed by atoms with Gasteiger partial charge in [-0.1, -0.05) is 60.1 Å². The molecule has 1 N–H and O–H groups in total. The van der Waals surface area contributed by atoms with Crippen molar-refractivity contribution in [2.24, 2.45) is 0 Å². The number of carbonyl (C=O) groups excluding carboxylic acids is 1. The fourth-order valence-corrected chi connectivity index (χ4v) is 3.23. The third kappa shape index (κ3) is 4.97. The van der Waals surface area contributed by atoms with E-state index in [0.717, 1.165) is 23.2 Å². The molecule has 3 nitrogen and oxygen atoms in total. The Morgan fingerprint density at radius 2 is 1.75 bits per heavy atom. The van der Waals surface area contributed by atoms with Crippen molar-refractivity contribution in [3.63, 3.8) is 0 Å². The van der Waals surface area contributed by atoms with Crippen LogP contribution in [-0.4, -0.2) is 24.9 Å². The van der Waals surface area contributed by atoms with Gasteiger partial charge in [-0.25, -0.2) is 4.39 Å². The summed E-state index contributed by atoms with van der Waals surface area (Å²) in [4.78, 5) is 14.5. The Bertz CT molecular complexity index is 971. The van der Waals surface area contributed by atoms with Crippen LogP contribution in [0.25, 0.3) is 11.1 Å². The number of hydrogen-bond acceptors (Lipinski definition) is 2. The van der Waals surface area contributed by atoms with Crippen LogP contribution in [0, 0.1) is 5.82 Å². The van der Waals surface area contributed by atoms with Gasteiger partial charge in [0.2, 0.25) is 0 Å². The van der Waals surface area contributed by atoms with Gasteiger partial charge in [-0.3, -0.25) is 4.79 Å². The molecule has 0 aliphatic heterocycles. The molecule has 0 fully saturated rings. The van der Waals surface area contributed by atoms with Gasteiger partial charge in [0.25, 0.3) is 5.91 Å². The Morgan fingerprint density at radius 1 is 1.04 bits per heavy atom. The van der Waals surface area contributed by atoms with Crippen LogP contribution in [0.1, 0.15) is 21.5 Å². The molecule has 144 valence electrons. The van der Waals surface area contributed by atoms with E-state index in [1.54, 1.807) is 0 Å². The topological polar surface area (TPSA) is 32.3 Å². The van der Waals surface area contributed by atoms with Gasteiger partial charge in [-0.05, 0) is 54.5 Å². The molecule has 0 unspecified atom stereocenters. The zero-order valence-electron chi connectivity index (χ0n) is 15.9. The minimum Gasteiger partial charge on any atom is -0.348 e. The molecule has 1 amide bonds. The van der Waals surface area contributed by atoms with E-state index in [4.69, 9.17) is 11.6 Å². The lowest BCUT2D eigenvalue weighted by Crippen LogP contribution is -2.24. The summed E-state index contributed by atoms with van der Waals surface area (Å²) in [5.74, 6) is -1.08. The lowest BCUT2D eigenvalue weighted by molar-refractivity contribution is 0.0947. The number of nitrogens with zero attached hydrogens (tertiary/aromatic N) is 1. The molecule has 5 heteroatoms. The van der Waals surface area contributed by atoms with Crippen molar-refractivity contribution in [1.29, 1.82) is 0 Å². The first-order valence-electron chi connectivity index (χ1n) is 8.99. The van der Waals surface area contributed by atoms with E-state index in [1.807, 2.05) is 38.4 Å². The molecule has 0 aliphatic rings. The van der Waals surface area contributed by atoms with Gasteiger partial charge in [0.05, 0.1) is 5.56 Å². The molecule has 0 bridgehead atoms. The molecule has 0 heterocycles. The average molecular weight is 397 g/mol. The van der Waals surface area contributed by atoms with Crippen molar-refractivity contribution in [3.8, 4) is 11.1 Å². The van der Waals surface area contributed by atoms with Crippen LogP contribution in [0.15, 0.2) is 66.7 Å². The average Bonchev–Trinajstić information content (AvgIpc) is 2.68. The minimum absolute atomic E-state index is 0.0574. The minimum atomic E-state index is -0.591. The Kier molecular flexibility index (Phi) is 6.45. The maximum atomic E-state index is 13.9. The highest BCUT2D eigenvalue weighted by atomic mass is 35.5. The fourth-order valence-electron chi connectivity index (χ4n) is 3.05. The van der Waals surface area contributed by atoms with Gasteiger partial charge in [-0.15, -0.1) is 0 Å². The highest BCUT2D eigenvalue weighted by Gasteiger charge is 2.13. The molecule has 0 atom stereocenters. The molecule has 3 rings (SSSR count). The van der Waals surface area contributed by atoms with E-state index in [0.29, 0.717) is 11.6 Å². The van der Waals surface area contributed by atoms with Gasteiger partial charge >= 0.3 is 0 Å². The number of rotatable bonds is 6. The van der Waals surface area contributed by atoms with Crippen LogP contribution in [-0.2, 0) is 13.1 Å². The van der Waals surface area contributed by atoms with Crippen LogP contribution in [0.5, 0.6) is 0 Å². The van der Waals surface area contributed by atoms with E-state index in [1.165, 1.54) is 23.8 Å². The highest BCUT2D eigenvalue weighted by molar-refractivity contribution is 6.31. The molecule has 0 spiro atoms. The van der Waals surface area contributed by atoms with Crippen molar-refractivity contribution in [1.82, 2.24) is 10.2 Å². The second-order valence-electron chi connectivity index (χ2n) is 6.90. The van der Waals surface area contributed by atoms with Gasteiger partial charge in [0.15, 0.2) is 0 Å². The summed E-state index contributed by atoms with van der Waals surface area (Å²) in [6.07, 6.45) is 0. The zero-order chi connectivity index (χ0) is 20.1. The molecule has 3 aromatic rings. The lowest BCUT2D eigenvalue weighted by Gasteiger charge is -2.13. The summed E-state index contributed by atoms with van der Waals surface area (Å²) < 4.78 is 13.9. The summed E-state index contributed by atoms with van der Waals surface area (Å²) in [5.41, 5.74) is 4.24. The Morgan fingerprint density at radius 3 is 2.46 bits per heavy atom. The molecule has 0 saturated carbocycles. The largest absolute Gasteiger partial charge is 0.348 e. The molecule has 3 aromatic carbocycles. The van der Waals surface area contributed by atoms with Crippen molar-refractivity contribution in [2.45, 2.75) is 13.1 Å². The molecule has 0 radical (unpaired) electrons. The number of nitrogens with one attached hydrogen (secondary N) is 1. The summed E-state index contributed by atoms with van der Waals surface area (Å²) in [7, 11) is 4.07. The van der Waals surface area contributed by atoms with E-state index in [-0.39, 0.29) is 5.56 Å². The first-order chi connectivity index (χ1) is 13.4. The summed E-state index contributed by atoms with van der Waals surface area (Å²) in [5, 5.41) is 3.11. The maximum Gasteiger partial charge on any atom is 0.254 e. The molecule has 0 saturated heterocycles. The van der Waals surface area contributed by atoms with Crippen LogP contribution < -0.4 is 5.32 Å². The smallest absolute Gasteiger partial charge is 0.254 e. The quantitative estimate of drug-likeness (QED) is 0.625. The van der Waals surface area contributed by atoms with Gasteiger partial charge in [0.1, 0.15) is 5.82 Å². The van der Waals surface area contributed by atoms with Crippen LogP contribution >= 0.6 is 11.6 Å². The standard InChI is InChI=1S/C23H22ClFN2O/c1-27(2)15-16-7-9-17(10-8-16)20-6-4-3-5-18(20)14-26-23(28)21-13-19(24)11-12-22(21)25/h3-13H,14-15H2,1-2H3,(H,26,28). The molecule has 0 aliphatic carbocycles. The molecule has 28 heavy (non-hydrogen) atoms. The van der Waals surface area contributed by atoms with E-state index >= 15 is 0 Å². The van der Waals surface area contributed by atoms with Crippen LogP contribution in [0.3, 0.4) is 0 Å². The maximum absolute atomic E-state index is 13.9. The third-order valence-electron chi connectivity index (χ3n) is 4.39. The fraction of sp³-hybridized carbons (Fsp3) is 0.174. The lowest BCUT2D eigenvalue weighted by atomic mass is 9.98. The molecular formula is C23H22ClFN2O. The van der Waals surface area contributed by atoms with Crippen molar-refractivity contribution < 1.29 is 9.18 Å². The molecular weight excluding hydrogens is 375 g/mol. The predicted molar refractivity (Wildman–Crippen MR) is 112 cm³/mol. The molecule has 0 aromatic heterocycles. The normalized spacial score (nSPS) is 10.9. The first-order valence-corrected chi connectivity index (χ1v) is 9.37. The Labute approximate surface area is 169 Å². The zero-order valence-corrected chi connectivity index (χ0v) is 16.6. The van der Waals surface area contributed by atoms with Crippen LogP contribution in [0.2, 0.25) is 5.02 Å². The number of hydrogen-bond donors (Lipinski definition) is 1. The SMILES string of the molecule is CN(C)Cc1ccc(-c2ccccc2CNC(=O)c2cc(Cl)ccc2F)cc1. The van der Waals surface area contributed by atoms with Crippen molar-refractivity contribution >= 4 is 17.5 Å². The summed E-state index contributed by atoms with van der Waals surface area (Å²) >= 11 is 5.88. The van der Waals surface area contributed by atoms with Gasteiger partial charge < -0.3 is 10.2 Å². The summed E-state index contributed by atoms with van der Waals surface area (Å²) in [6.45, 7) is 1.17. The second-order valence-corrected chi connectivity index (χ2v) is 7.34. The van der Waals surface area contributed by atoms with E-state index < -0.39 is 11.7 Å². The van der Waals surface area contributed by atoms with Crippen LogP contribution in [0.4, 0.5) is 4.39 Å². The number of halogens is 2. The van der Waals surface area contributed by atoms with Gasteiger partial charge in [0, 0.05) is 18.1 Å². The number of carbonyl (C=O) groups is 1. The highest BCUT2D eigenvalue weighted by Crippen LogP contribution is 2.24. The Hall–Kier alpha value is -2.69. The second kappa shape index (κ2) is 9.00. The van der Waals surface area contributed by atoms with Crippen molar-refractivity contribution in [2.75, 3.05) is 14.1 Å². The number of benzene rings is 3. The van der Waals surface area contributed by atoms with Gasteiger partial charge in [-0.2, -0.15) is 0 Å².